The molecule has 0 aliphatic carbocycles. The number of hydroxylamine groups is 2. The molecule has 2 amide bonds. The van der Waals surface area contributed by atoms with Gasteiger partial charge in [0.05, 0.1) is 23.5 Å². The molecule has 0 aliphatic heterocycles. The number of fused-ring (bicyclic) bond motifs is 1. The monoisotopic (exact) mass is 542 g/mol. The third-order valence-electron chi connectivity index (χ3n) is 4.84. The summed E-state index contributed by atoms with van der Waals surface area (Å²) in [6, 6.07) is 6.92. The number of pyridine rings is 1. The highest BCUT2D eigenvalue weighted by molar-refractivity contribution is 9.10. The first kappa shape index (κ1) is 24.3. The number of imidazole rings is 1. The van der Waals surface area contributed by atoms with Crippen LogP contribution in [0.25, 0.3) is 5.65 Å². The van der Waals surface area contributed by atoms with Crippen LogP contribution in [0.15, 0.2) is 35.1 Å². The van der Waals surface area contributed by atoms with Gasteiger partial charge in [-0.2, -0.15) is 0 Å². The average molecular weight is 544 g/mol. The number of ether oxygens (including phenoxy) is 1. The molecule has 11 heteroatoms. The molecule has 0 spiro atoms. The maximum atomic E-state index is 12.6. The van der Waals surface area contributed by atoms with Gasteiger partial charge in [-0.05, 0) is 47.1 Å². The fraction of sp³-hybridized carbons (Fsp3) is 0.286. The van der Waals surface area contributed by atoms with Crippen molar-refractivity contribution in [1.82, 2.24) is 14.4 Å². The predicted molar refractivity (Wildman–Crippen MR) is 126 cm³/mol. The summed E-state index contributed by atoms with van der Waals surface area (Å²) in [7, 11) is 2.88. The number of hydrogen-bond acceptors (Lipinski definition) is 5. The van der Waals surface area contributed by atoms with Crippen LogP contribution in [0.3, 0.4) is 0 Å². The molecule has 0 N–H and O–H groups in total. The number of hydrogen-bond donors (Lipinski definition) is 0. The van der Waals surface area contributed by atoms with E-state index in [0.717, 1.165) is 15.4 Å². The molecular formula is C21H21BrCl2N4O4. The minimum absolute atomic E-state index is 0.0639. The van der Waals surface area contributed by atoms with E-state index in [1.165, 1.54) is 18.9 Å². The SMILES string of the molecule is CON(CC(=O)N(C)c1ccc(Cl)c(COc2cccn3c(Br)c(C)nc23)c1Cl)C(C)=O. The van der Waals surface area contributed by atoms with E-state index in [4.69, 9.17) is 32.8 Å². The number of aromatic nitrogens is 2. The summed E-state index contributed by atoms with van der Waals surface area (Å²) in [4.78, 5) is 35.0. The summed E-state index contributed by atoms with van der Waals surface area (Å²) in [5, 5.41) is 1.63. The Morgan fingerprint density at radius 3 is 2.62 bits per heavy atom. The third kappa shape index (κ3) is 4.85. The number of carbonyl (C=O) groups excluding carboxylic acids is 2. The topological polar surface area (TPSA) is 76.4 Å². The Morgan fingerprint density at radius 2 is 1.97 bits per heavy atom. The number of nitrogens with zero attached hydrogens (tertiary/aromatic N) is 4. The molecule has 0 radical (unpaired) electrons. The van der Waals surface area contributed by atoms with Gasteiger partial charge in [0.15, 0.2) is 11.4 Å². The molecule has 0 saturated heterocycles. The molecule has 2 heterocycles. The van der Waals surface area contributed by atoms with Gasteiger partial charge in [-0.3, -0.25) is 18.8 Å². The number of anilines is 1. The van der Waals surface area contributed by atoms with Crippen molar-refractivity contribution in [2.45, 2.75) is 20.5 Å². The number of benzene rings is 1. The smallest absolute Gasteiger partial charge is 0.249 e. The van der Waals surface area contributed by atoms with E-state index in [9.17, 15) is 9.59 Å². The first-order chi connectivity index (χ1) is 15.1. The normalized spacial score (nSPS) is 11.0. The number of carbonyl (C=O) groups is 2. The standard InChI is InChI=1S/C21H21BrCl2N4O4/c1-12-20(22)27-9-5-6-17(21(27)25-12)32-11-14-15(23)7-8-16(19(14)24)26(3)18(30)10-28(31-4)13(2)29/h5-9H,10-11H2,1-4H3. The Bertz CT molecular complexity index is 1180. The first-order valence-electron chi connectivity index (χ1n) is 9.47. The highest BCUT2D eigenvalue weighted by Gasteiger charge is 2.22. The zero-order valence-corrected chi connectivity index (χ0v) is 21.0. The summed E-state index contributed by atoms with van der Waals surface area (Å²) in [6.07, 6.45) is 1.87. The van der Waals surface area contributed by atoms with Crippen molar-refractivity contribution in [3.8, 4) is 5.75 Å². The fourth-order valence-corrected chi connectivity index (χ4v) is 4.02. The van der Waals surface area contributed by atoms with Gasteiger partial charge >= 0.3 is 0 Å². The van der Waals surface area contributed by atoms with Crippen LogP contribution in [0.1, 0.15) is 18.2 Å². The third-order valence-corrected chi connectivity index (χ3v) is 6.57. The van der Waals surface area contributed by atoms with E-state index < -0.39 is 0 Å². The van der Waals surface area contributed by atoms with E-state index >= 15 is 0 Å². The van der Waals surface area contributed by atoms with E-state index in [2.05, 4.69) is 20.9 Å². The lowest BCUT2D eigenvalue weighted by Gasteiger charge is -2.24. The zero-order chi connectivity index (χ0) is 23.6. The molecule has 0 aliphatic rings. The second-order valence-electron chi connectivity index (χ2n) is 6.89. The van der Waals surface area contributed by atoms with Gasteiger partial charge < -0.3 is 9.64 Å². The molecule has 0 unspecified atom stereocenters. The first-order valence-corrected chi connectivity index (χ1v) is 11.0. The molecule has 170 valence electrons. The second kappa shape index (κ2) is 10.1. The number of rotatable bonds is 7. The van der Waals surface area contributed by atoms with Crippen LogP contribution in [0.4, 0.5) is 5.69 Å². The molecule has 0 saturated carbocycles. The van der Waals surface area contributed by atoms with Crippen LogP contribution in [-0.4, -0.2) is 47.0 Å². The quantitative estimate of drug-likeness (QED) is 0.405. The summed E-state index contributed by atoms with van der Waals surface area (Å²) in [6.45, 7) is 3.00. The minimum Gasteiger partial charge on any atom is -0.485 e. The highest BCUT2D eigenvalue weighted by atomic mass is 79.9. The molecular weight excluding hydrogens is 523 g/mol. The van der Waals surface area contributed by atoms with Gasteiger partial charge in [0.1, 0.15) is 17.8 Å². The van der Waals surface area contributed by atoms with Gasteiger partial charge in [0.2, 0.25) is 11.8 Å². The van der Waals surface area contributed by atoms with Gasteiger partial charge in [-0.15, -0.1) is 0 Å². The summed E-state index contributed by atoms with van der Waals surface area (Å²) < 4.78 is 8.70. The molecule has 0 bridgehead atoms. The molecule has 3 rings (SSSR count). The maximum absolute atomic E-state index is 12.6. The lowest BCUT2D eigenvalue weighted by molar-refractivity contribution is -0.175. The second-order valence-corrected chi connectivity index (χ2v) is 8.43. The van der Waals surface area contributed by atoms with Crippen molar-refractivity contribution in [3.63, 3.8) is 0 Å². The molecule has 3 aromatic rings. The number of amides is 2. The molecule has 1 aromatic carbocycles. The molecule has 2 aromatic heterocycles. The van der Waals surface area contributed by atoms with Gasteiger partial charge in [-0.1, -0.05) is 23.2 Å². The Morgan fingerprint density at radius 1 is 1.25 bits per heavy atom. The van der Waals surface area contributed by atoms with Crippen LogP contribution in [-0.2, 0) is 21.0 Å². The summed E-state index contributed by atoms with van der Waals surface area (Å²) in [5.74, 6) is -0.221. The number of aryl methyl sites for hydroxylation is 1. The van der Waals surface area contributed by atoms with Crippen molar-refractivity contribution >= 4 is 62.3 Å². The molecule has 8 nitrogen and oxygen atoms in total. The Hall–Kier alpha value is -2.33. The van der Waals surface area contributed by atoms with Crippen molar-refractivity contribution in [2.75, 3.05) is 25.6 Å². The van der Waals surface area contributed by atoms with E-state index in [0.29, 0.717) is 27.7 Å². The van der Waals surface area contributed by atoms with Crippen molar-refractivity contribution in [3.05, 3.63) is 56.4 Å². The van der Waals surface area contributed by atoms with Crippen LogP contribution in [0.5, 0.6) is 5.75 Å². The van der Waals surface area contributed by atoms with Gasteiger partial charge in [-0.25, -0.2) is 10.0 Å². The van der Waals surface area contributed by atoms with E-state index in [1.54, 1.807) is 25.2 Å². The largest absolute Gasteiger partial charge is 0.485 e. The van der Waals surface area contributed by atoms with Crippen LogP contribution in [0.2, 0.25) is 10.0 Å². The molecule has 32 heavy (non-hydrogen) atoms. The molecule has 0 fully saturated rings. The Balaban J connectivity index is 1.85. The van der Waals surface area contributed by atoms with E-state index in [1.807, 2.05) is 23.6 Å². The summed E-state index contributed by atoms with van der Waals surface area (Å²) in [5.41, 5.74) is 2.42. The summed E-state index contributed by atoms with van der Waals surface area (Å²) >= 11 is 16.5. The van der Waals surface area contributed by atoms with Gasteiger partial charge in [0.25, 0.3) is 0 Å². The predicted octanol–water partition coefficient (Wildman–Crippen LogP) is 4.66. The lowest BCUT2D eigenvalue weighted by atomic mass is 10.2. The number of halogens is 3. The average Bonchev–Trinajstić information content (AvgIpc) is 3.05. The van der Waals surface area contributed by atoms with Crippen LogP contribution < -0.4 is 9.64 Å². The van der Waals surface area contributed by atoms with Crippen LogP contribution >= 0.6 is 39.1 Å². The Kier molecular flexibility index (Phi) is 7.66. The minimum atomic E-state index is -0.388. The molecule has 0 atom stereocenters. The van der Waals surface area contributed by atoms with Crippen molar-refractivity contribution in [2.24, 2.45) is 0 Å². The van der Waals surface area contributed by atoms with E-state index in [-0.39, 0.29) is 30.0 Å². The zero-order valence-electron chi connectivity index (χ0n) is 17.9. The maximum Gasteiger partial charge on any atom is 0.249 e. The van der Waals surface area contributed by atoms with Crippen molar-refractivity contribution in [1.29, 1.82) is 0 Å². The Labute approximate surface area is 203 Å². The lowest BCUT2D eigenvalue weighted by Crippen LogP contribution is -2.40. The highest BCUT2D eigenvalue weighted by Crippen LogP contribution is 2.35. The number of likely N-dealkylation sites (N-methyl/N-ethyl adjacent to an activating group) is 1. The fourth-order valence-electron chi connectivity index (χ4n) is 3.03. The van der Waals surface area contributed by atoms with Crippen molar-refractivity contribution < 1.29 is 19.2 Å². The van der Waals surface area contributed by atoms with Crippen LogP contribution in [0, 0.1) is 6.92 Å². The van der Waals surface area contributed by atoms with Gasteiger partial charge in [0, 0.05) is 30.8 Å².